The number of carbonyl (C=O) groups excluding carboxylic acids is 2. The molecule has 1 unspecified atom stereocenters. The first kappa shape index (κ1) is 11.4. The lowest BCUT2D eigenvalue weighted by Gasteiger charge is -2.27. The van der Waals surface area contributed by atoms with Crippen LogP contribution in [0.15, 0.2) is 0 Å². The second-order valence-electron chi connectivity index (χ2n) is 4.83. The van der Waals surface area contributed by atoms with Gasteiger partial charge in [0.2, 0.25) is 11.8 Å². The van der Waals surface area contributed by atoms with Gasteiger partial charge in [-0.2, -0.15) is 0 Å². The summed E-state index contributed by atoms with van der Waals surface area (Å²) in [5.41, 5.74) is 0. The van der Waals surface area contributed by atoms with Gasteiger partial charge in [-0.05, 0) is 20.3 Å². The molecule has 2 amide bonds. The van der Waals surface area contributed by atoms with Crippen LogP contribution in [0.5, 0.6) is 0 Å². The summed E-state index contributed by atoms with van der Waals surface area (Å²) in [5.74, 6) is 0.138. The predicted octanol–water partition coefficient (Wildman–Crippen LogP) is -0.669. The zero-order valence-electron chi connectivity index (χ0n) is 9.82. The van der Waals surface area contributed by atoms with Gasteiger partial charge < -0.3 is 15.5 Å². The van der Waals surface area contributed by atoms with Crippen LogP contribution in [0.25, 0.3) is 0 Å². The maximum atomic E-state index is 11.9. The van der Waals surface area contributed by atoms with Crippen molar-refractivity contribution in [3.63, 3.8) is 0 Å². The molecule has 2 fully saturated rings. The van der Waals surface area contributed by atoms with E-state index in [-0.39, 0.29) is 29.8 Å². The molecule has 2 heterocycles. The molecule has 0 aromatic carbocycles. The molecule has 2 N–H and O–H groups in total. The van der Waals surface area contributed by atoms with Crippen molar-refractivity contribution >= 4 is 11.8 Å². The number of hydrogen-bond acceptors (Lipinski definition) is 3. The van der Waals surface area contributed by atoms with Crippen LogP contribution in [-0.2, 0) is 9.59 Å². The van der Waals surface area contributed by atoms with E-state index in [1.807, 2.05) is 18.7 Å². The summed E-state index contributed by atoms with van der Waals surface area (Å²) in [4.78, 5) is 25.4. The van der Waals surface area contributed by atoms with Gasteiger partial charge in [0.1, 0.15) is 6.04 Å². The van der Waals surface area contributed by atoms with E-state index in [9.17, 15) is 9.59 Å². The van der Waals surface area contributed by atoms with Crippen LogP contribution in [0, 0.1) is 5.92 Å². The van der Waals surface area contributed by atoms with Crippen LogP contribution in [-0.4, -0.2) is 48.4 Å². The zero-order chi connectivity index (χ0) is 11.7. The fraction of sp³-hybridized carbons (Fsp3) is 0.818. The lowest BCUT2D eigenvalue weighted by atomic mass is 10.0. The largest absolute Gasteiger partial charge is 0.344 e. The van der Waals surface area contributed by atoms with Crippen LogP contribution >= 0.6 is 0 Å². The highest BCUT2D eigenvalue weighted by atomic mass is 16.2. The van der Waals surface area contributed by atoms with Crippen molar-refractivity contribution in [2.75, 3.05) is 19.6 Å². The monoisotopic (exact) mass is 225 g/mol. The minimum absolute atomic E-state index is 0.0164. The zero-order valence-corrected chi connectivity index (χ0v) is 9.82. The van der Waals surface area contributed by atoms with E-state index in [0.717, 1.165) is 26.1 Å². The van der Waals surface area contributed by atoms with Crippen LogP contribution < -0.4 is 10.6 Å². The van der Waals surface area contributed by atoms with Crippen molar-refractivity contribution in [2.24, 2.45) is 5.92 Å². The highest BCUT2D eigenvalue weighted by Crippen LogP contribution is 2.15. The highest BCUT2D eigenvalue weighted by molar-refractivity contribution is 5.90. The van der Waals surface area contributed by atoms with Gasteiger partial charge in [0, 0.05) is 25.7 Å². The number of carbonyl (C=O) groups is 2. The first-order chi connectivity index (χ1) is 7.59. The SMILES string of the molecule is CC(C)N1CCC(NC(=O)C2CNC2)C1=O. The lowest BCUT2D eigenvalue weighted by Crippen LogP contribution is -2.54. The maximum Gasteiger partial charge on any atom is 0.245 e. The number of hydrogen-bond donors (Lipinski definition) is 2. The van der Waals surface area contributed by atoms with Crippen molar-refractivity contribution in [1.82, 2.24) is 15.5 Å². The Morgan fingerprint density at radius 2 is 2.19 bits per heavy atom. The van der Waals surface area contributed by atoms with Crippen LogP contribution in [0.3, 0.4) is 0 Å². The minimum atomic E-state index is -0.296. The summed E-state index contributed by atoms with van der Waals surface area (Å²) in [6.07, 6.45) is 0.739. The molecule has 0 aliphatic carbocycles. The Balaban J connectivity index is 1.87. The lowest BCUT2D eigenvalue weighted by molar-refractivity contribution is -0.135. The maximum absolute atomic E-state index is 11.9. The third-order valence-electron chi connectivity index (χ3n) is 3.33. The Morgan fingerprint density at radius 1 is 1.50 bits per heavy atom. The van der Waals surface area contributed by atoms with E-state index in [1.165, 1.54) is 0 Å². The second-order valence-corrected chi connectivity index (χ2v) is 4.83. The summed E-state index contributed by atoms with van der Waals surface area (Å²) >= 11 is 0. The third kappa shape index (κ3) is 2.04. The van der Waals surface area contributed by atoms with E-state index >= 15 is 0 Å². The molecule has 0 bridgehead atoms. The molecule has 0 aromatic heterocycles. The molecule has 2 rings (SSSR count). The molecule has 0 saturated carbocycles. The van der Waals surface area contributed by atoms with Crippen LogP contribution in [0.1, 0.15) is 20.3 Å². The number of rotatable bonds is 3. The number of likely N-dealkylation sites (tertiary alicyclic amines) is 1. The standard InChI is InChI=1S/C11H19N3O2/c1-7(2)14-4-3-9(11(14)16)13-10(15)8-5-12-6-8/h7-9,12H,3-6H2,1-2H3,(H,13,15). The quantitative estimate of drug-likeness (QED) is 0.670. The minimum Gasteiger partial charge on any atom is -0.344 e. The molecular formula is C11H19N3O2. The highest BCUT2D eigenvalue weighted by Gasteiger charge is 2.36. The van der Waals surface area contributed by atoms with Gasteiger partial charge >= 0.3 is 0 Å². The van der Waals surface area contributed by atoms with E-state index in [1.54, 1.807) is 0 Å². The average molecular weight is 225 g/mol. The topological polar surface area (TPSA) is 61.4 Å². The number of amides is 2. The third-order valence-corrected chi connectivity index (χ3v) is 3.33. The average Bonchev–Trinajstić information content (AvgIpc) is 2.44. The summed E-state index contributed by atoms with van der Waals surface area (Å²) in [6.45, 7) is 6.22. The summed E-state index contributed by atoms with van der Waals surface area (Å²) in [5, 5.41) is 5.89. The molecular weight excluding hydrogens is 206 g/mol. The van der Waals surface area contributed by atoms with Crippen molar-refractivity contribution < 1.29 is 9.59 Å². The van der Waals surface area contributed by atoms with Gasteiger partial charge in [0.05, 0.1) is 5.92 Å². The van der Waals surface area contributed by atoms with Gasteiger partial charge in [-0.15, -0.1) is 0 Å². The van der Waals surface area contributed by atoms with Gasteiger partial charge in [0.15, 0.2) is 0 Å². The van der Waals surface area contributed by atoms with E-state index < -0.39 is 0 Å². The Kier molecular flexibility index (Phi) is 3.14. The summed E-state index contributed by atoms with van der Waals surface area (Å²) in [6, 6.07) is -0.0738. The summed E-state index contributed by atoms with van der Waals surface area (Å²) < 4.78 is 0. The van der Waals surface area contributed by atoms with Crippen LogP contribution in [0.4, 0.5) is 0 Å². The summed E-state index contributed by atoms with van der Waals surface area (Å²) in [7, 11) is 0. The fourth-order valence-corrected chi connectivity index (χ4v) is 2.11. The molecule has 16 heavy (non-hydrogen) atoms. The molecule has 5 heteroatoms. The molecule has 0 aromatic rings. The normalized spacial score (nSPS) is 26.1. The van der Waals surface area contributed by atoms with Gasteiger partial charge in [-0.3, -0.25) is 9.59 Å². The molecule has 2 aliphatic rings. The Bertz CT molecular complexity index is 300. The van der Waals surface area contributed by atoms with Crippen molar-refractivity contribution in [3.05, 3.63) is 0 Å². The van der Waals surface area contributed by atoms with Crippen molar-refractivity contribution in [1.29, 1.82) is 0 Å². The molecule has 2 saturated heterocycles. The Hall–Kier alpha value is -1.10. The molecule has 2 aliphatic heterocycles. The smallest absolute Gasteiger partial charge is 0.245 e. The molecule has 90 valence electrons. The van der Waals surface area contributed by atoms with Gasteiger partial charge in [0.25, 0.3) is 0 Å². The van der Waals surface area contributed by atoms with Crippen LogP contribution in [0.2, 0.25) is 0 Å². The second kappa shape index (κ2) is 4.41. The van der Waals surface area contributed by atoms with Gasteiger partial charge in [-0.25, -0.2) is 0 Å². The fourth-order valence-electron chi connectivity index (χ4n) is 2.11. The number of nitrogens with zero attached hydrogens (tertiary/aromatic N) is 1. The van der Waals surface area contributed by atoms with E-state index in [0.29, 0.717) is 0 Å². The Morgan fingerprint density at radius 3 is 2.62 bits per heavy atom. The first-order valence-corrected chi connectivity index (χ1v) is 5.91. The molecule has 0 radical (unpaired) electrons. The molecule has 5 nitrogen and oxygen atoms in total. The van der Waals surface area contributed by atoms with Crippen molar-refractivity contribution in [3.8, 4) is 0 Å². The van der Waals surface area contributed by atoms with Gasteiger partial charge in [-0.1, -0.05) is 0 Å². The van der Waals surface area contributed by atoms with Crippen molar-refractivity contribution in [2.45, 2.75) is 32.4 Å². The molecule has 0 spiro atoms. The first-order valence-electron chi connectivity index (χ1n) is 5.91. The Labute approximate surface area is 95.6 Å². The van der Waals surface area contributed by atoms with E-state index in [2.05, 4.69) is 10.6 Å². The van der Waals surface area contributed by atoms with E-state index in [4.69, 9.17) is 0 Å². The molecule has 1 atom stereocenters. The number of nitrogens with one attached hydrogen (secondary N) is 2. The predicted molar refractivity (Wildman–Crippen MR) is 59.8 cm³/mol.